The van der Waals surface area contributed by atoms with Gasteiger partial charge < -0.3 is 19.3 Å². The minimum atomic E-state index is -4.74. The summed E-state index contributed by atoms with van der Waals surface area (Å²) in [4.78, 5) is 42.6. The van der Waals surface area contributed by atoms with Crippen molar-refractivity contribution in [2.75, 3.05) is 13.2 Å². The van der Waals surface area contributed by atoms with Crippen LogP contribution in [0.2, 0.25) is 0 Å². The van der Waals surface area contributed by atoms with Gasteiger partial charge >= 0.3 is 19.8 Å². The van der Waals surface area contributed by atoms with E-state index < -0.39 is 32.5 Å². The molecule has 0 bridgehead atoms. The fraction of sp³-hybridized carbons (Fsp3) is 0.886. The third kappa shape index (κ3) is 33.7. The molecule has 0 saturated heterocycles. The maximum absolute atomic E-state index is 12.3. The topological polar surface area (TPSA) is 119 Å². The van der Waals surface area contributed by atoms with Gasteiger partial charge in [-0.2, -0.15) is 0 Å². The predicted octanol–water partition coefficient (Wildman–Crippen LogP) is 10.3. The molecule has 260 valence electrons. The summed E-state index contributed by atoms with van der Waals surface area (Å²) in [6.45, 7) is 3.65. The van der Waals surface area contributed by atoms with Crippen LogP contribution >= 0.6 is 7.82 Å². The molecule has 0 aliphatic rings. The highest BCUT2D eigenvalue weighted by molar-refractivity contribution is 7.46. The number of carbonyl (C=O) groups is 2. The first-order valence-electron chi connectivity index (χ1n) is 18.0. The number of allylic oxidation sites excluding steroid dienone is 2. The lowest BCUT2D eigenvalue weighted by atomic mass is 10.1. The molecule has 0 aliphatic heterocycles. The number of phosphoric ester groups is 1. The van der Waals surface area contributed by atoms with E-state index in [2.05, 4.69) is 30.5 Å². The van der Waals surface area contributed by atoms with E-state index in [-0.39, 0.29) is 19.4 Å². The molecule has 0 aromatic heterocycles. The normalized spacial score (nSPS) is 12.5. The van der Waals surface area contributed by atoms with Crippen LogP contribution in [0.3, 0.4) is 0 Å². The van der Waals surface area contributed by atoms with E-state index in [4.69, 9.17) is 19.3 Å². The standard InChI is InChI=1S/C35H67O8P/c1-3-5-7-9-11-13-15-16-17-18-20-21-23-25-27-29-34(36)41-31-33(32-42-44(38,39)40)43-35(37)30-28-26-24-22-19-14-12-10-8-6-4-2/h13,15,33H,3-12,14,16-32H2,1-2H3,(H2,38,39,40)/b15-13-/t33-/m1/s1. The lowest BCUT2D eigenvalue weighted by Gasteiger charge is -2.18. The van der Waals surface area contributed by atoms with E-state index in [1.54, 1.807) is 0 Å². The van der Waals surface area contributed by atoms with Gasteiger partial charge in [0.2, 0.25) is 0 Å². The molecule has 0 heterocycles. The lowest BCUT2D eigenvalue weighted by molar-refractivity contribution is -0.161. The van der Waals surface area contributed by atoms with Crippen molar-refractivity contribution in [3.63, 3.8) is 0 Å². The van der Waals surface area contributed by atoms with E-state index in [9.17, 15) is 14.2 Å². The number of esters is 2. The SMILES string of the molecule is CCCCCC/C=C\CCCCCCCCCC(=O)OC[C@H](COP(=O)(O)O)OC(=O)CCCCCCCCCCCCC. The Labute approximate surface area is 269 Å². The summed E-state index contributed by atoms with van der Waals surface area (Å²) in [7, 11) is -4.74. The number of ether oxygens (including phenoxy) is 2. The molecule has 0 saturated carbocycles. The number of rotatable bonds is 33. The Kier molecular flexibility index (Phi) is 30.9. The van der Waals surface area contributed by atoms with Crippen molar-refractivity contribution in [2.45, 2.75) is 187 Å². The minimum Gasteiger partial charge on any atom is -0.462 e. The van der Waals surface area contributed by atoms with Gasteiger partial charge in [0.05, 0.1) is 6.61 Å². The molecule has 0 aromatic rings. The second kappa shape index (κ2) is 31.8. The number of carbonyl (C=O) groups excluding carboxylic acids is 2. The molecule has 8 nitrogen and oxygen atoms in total. The van der Waals surface area contributed by atoms with Gasteiger partial charge in [0.15, 0.2) is 6.10 Å². The molecule has 0 aromatic carbocycles. The van der Waals surface area contributed by atoms with Gasteiger partial charge in [-0.1, -0.05) is 142 Å². The van der Waals surface area contributed by atoms with Crippen molar-refractivity contribution < 1.29 is 37.9 Å². The molecule has 0 fully saturated rings. The molecule has 9 heteroatoms. The van der Waals surface area contributed by atoms with E-state index in [0.717, 1.165) is 51.4 Å². The molecule has 44 heavy (non-hydrogen) atoms. The van der Waals surface area contributed by atoms with Gasteiger partial charge in [-0.25, -0.2) is 4.57 Å². The fourth-order valence-corrected chi connectivity index (χ4v) is 5.43. The van der Waals surface area contributed by atoms with Crippen molar-refractivity contribution in [2.24, 2.45) is 0 Å². The van der Waals surface area contributed by atoms with Crippen LogP contribution in [0.4, 0.5) is 0 Å². The van der Waals surface area contributed by atoms with Gasteiger partial charge in [0.1, 0.15) is 6.61 Å². The summed E-state index contributed by atoms with van der Waals surface area (Å²) in [5, 5.41) is 0. The van der Waals surface area contributed by atoms with Crippen LogP contribution in [-0.4, -0.2) is 41.0 Å². The molecule has 2 N–H and O–H groups in total. The smallest absolute Gasteiger partial charge is 0.462 e. The molecule has 0 rings (SSSR count). The minimum absolute atomic E-state index is 0.215. The Morgan fingerprint density at radius 2 is 0.955 bits per heavy atom. The van der Waals surface area contributed by atoms with Gasteiger partial charge in [-0.3, -0.25) is 14.1 Å². The van der Waals surface area contributed by atoms with Crippen LogP contribution in [0.5, 0.6) is 0 Å². The Balaban J connectivity index is 3.96. The average molecular weight is 647 g/mol. The van der Waals surface area contributed by atoms with Crippen molar-refractivity contribution in [1.82, 2.24) is 0 Å². The predicted molar refractivity (Wildman–Crippen MR) is 179 cm³/mol. The van der Waals surface area contributed by atoms with Crippen LogP contribution in [0, 0.1) is 0 Å². The molecule has 0 amide bonds. The molecule has 1 atom stereocenters. The number of phosphoric acid groups is 1. The van der Waals surface area contributed by atoms with Gasteiger partial charge in [-0.15, -0.1) is 0 Å². The van der Waals surface area contributed by atoms with Crippen molar-refractivity contribution in [3.8, 4) is 0 Å². The zero-order chi connectivity index (χ0) is 32.6. The Morgan fingerprint density at radius 1 is 0.568 bits per heavy atom. The van der Waals surface area contributed by atoms with Crippen LogP contribution in [-0.2, 0) is 28.2 Å². The molecule has 0 spiro atoms. The zero-order valence-corrected chi connectivity index (χ0v) is 29.2. The van der Waals surface area contributed by atoms with Crippen molar-refractivity contribution >= 4 is 19.8 Å². The van der Waals surface area contributed by atoms with E-state index in [1.165, 1.54) is 96.3 Å². The van der Waals surface area contributed by atoms with E-state index in [0.29, 0.717) is 6.42 Å². The van der Waals surface area contributed by atoms with Crippen LogP contribution < -0.4 is 0 Å². The maximum Gasteiger partial charge on any atom is 0.469 e. The number of hydrogen-bond acceptors (Lipinski definition) is 6. The second-order valence-corrected chi connectivity index (χ2v) is 13.4. The average Bonchev–Trinajstić information content (AvgIpc) is 2.98. The quantitative estimate of drug-likeness (QED) is 0.0313. The zero-order valence-electron chi connectivity index (χ0n) is 28.3. The molecule has 0 radical (unpaired) electrons. The largest absolute Gasteiger partial charge is 0.469 e. The van der Waals surface area contributed by atoms with Gasteiger partial charge in [0.25, 0.3) is 0 Å². The lowest BCUT2D eigenvalue weighted by Crippen LogP contribution is -2.29. The monoisotopic (exact) mass is 646 g/mol. The highest BCUT2D eigenvalue weighted by atomic mass is 31.2. The van der Waals surface area contributed by atoms with Crippen LogP contribution in [0.25, 0.3) is 0 Å². The first-order chi connectivity index (χ1) is 21.3. The second-order valence-electron chi connectivity index (χ2n) is 12.2. The van der Waals surface area contributed by atoms with Crippen LogP contribution in [0.15, 0.2) is 12.2 Å². The highest BCUT2D eigenvalue weighted by Gasteiger charge is 2.22. The van der Waals surface area contributed by atoms with E-state index >= 15 is 0 Å². The Bertz CT molecular complexity index is 736. The fourth-order valence-electron chi connectivity index (χ4n) is 5.07. The van der Waals surface area contributed by atoms with Crippen LogP contribution in [0.1, 0.15) is 181 Å². The Morgan fingerprint density at radius 3 is 1.41 bits per heavy atom. The molecule has 0 aliphatic carbocycles. The highest BCUT2D eigenvalue weighted by Crippen LogP contribution is 2.36. The van der Waals surface area contributed by atoms with Gasteiger partial charge in [0, 0.05) is 12.8 Å². The van der Waals surface area contributed by atoms with Crippen molar-refractivity contribution in [3.05, 3.63) is 12.2 Å². The van der Waals surface area contributed by atoms with E-state index in [1.807, 2.05) is 0 Å². The first-order valence-corrected chi connectivity index (χ1v) is 19.5. The van der Waals surface area contributed by atoms with Gasteiger partial charge in [-0.05, 0) is 38.5 Å². The summed E-state index contributed by atoms with van der Waals surface area (Å²) >= 11 is 0. The summed E-state index contributed by atoms with van der Waals surface area (Å²) in [5.41, 5.74) is 0. The third-order valence-electron chi connectivity index (χ3n) is 7.78. The van der Waals surface area contributed by atoms with Crippen molar-refractivity contribution in [1.29, 1.82) is 0 Å². The number of hydrogen-bond donors (Lipinski definition) is 2. The summed E-state index contributed by atoms with van der Waals surface area (Å²) in [6, 6.07) is 0. The summed E-state index contributed by atoms with van der Waals surface area (Å²) in [5.74, 6) is -0.885. The molecular weight excluding hydrogens is 579 g/mol. The third-order valence-corrected chi connectivity index (χ3v) is 8.27. The first kappa shape index (κ1) is 42.8. The number of unbranched alkanes of at least 4 members (excludes halogenated alkanes) is 21. The Hall–Kier alpha value is -1.21. The molecular formula is C35H67O8P. The molecule has 0 unspecified atom stereocenters. The summed E-state index contributed by atoms with van der Waals surface area (Å²) in [6.07, 6.45) is 32.2. The maximum atomic E-state index is 12.3. The summed E-state index contributed by atoms with van der Waals surface area (Å²) < 4.78 is 26.2.